The molecule has 0 aliphatic heterocycles. The zero-order chi connectivity index (χ0) is 39.6. The summed E-state index contributed by atoms with van der Waals surface area (Å²) in [6.07, 6.45) is 6.30. The normalized spacial score (nSPS) is 11.9. The van der Waals surface area contributed by atoms with Crippen molar-refractivity contribution in [2.45, 2.75) is 13.8 Å². The molecule has 0 aliphatic carbocycles. The van der Waals surface area contributed by atoms with Gasteiger partial charge < -0.3 is 18.4 Å². The second kappa shape index (κ2) is 16.0. The Kier molecular flexibility index (Phi) is 9.39. The molecule has 0 N–H and O–H groups in total. The number of benzene rings is 6. The summed E-state index contributed by atoms with van der Waals surface area (Å²) in [4.78, 5) is 9.34. The van der Waals surface area contributed by atoms with Gasteiger partial charge in [-0.15, -0.1) is 35.9 Å². The maximum Gasteiger partial charge on any atom is 0.133 e. The standard InChI is InChI=1S/C38H25N2O2.C12H10N.Ir/c1-25-21-29(26-11-4-2-5-12-26)37(30(22-25)27-13-6-3-7-14-27)40-34-16-9-8-15-33(34)39-38(40)32-24-42-36-19-18-28(23-31(32)36)35-17-10-20-41-35;1-10-7-8-12(13-9-10)11-5-3-2-4-6-11;/h2-23H,1H3;2-5,7-9H,1H3;/q2*-1;/i;1D3;. The van der Waals surface area contributed by atoms with Gasteiger partial charge in [-0.05, 0) is 78.1 Å². The third-order valence-corrected chi connectivity index (χ3v) is 9.50. The summed E-state index contributed by atoms with van der Waals surface area (Å²) >= 11 is 0. The van der Waals surface area contributed by atoms with Crippen molar-refractivity contribution in [2.75, 3.05) is 0 Å². The number of imidazole rings is 1. The van der Waals surface area contributed by atoms with E-state index >= 15 is 0 Å². The molecule has 0 saturated heterocycles. The Morgan fingerprint density at radius 2 is 1.41 bits per heavy atom. The van der Waals surface area contributed by atoms with Gasteiger partial charge in [0.1, 0.15) is 5.76 Å². The van der Waals surface area contributed by atoms with E-state index in [9.17, 15) is 0 Å². The molecule has 0 spiro atoms. The Labute approximate surface area is 343 Å². The molecule has 6 aromatic carbocycles. The van der Waals surface area contributed by atoms with Crippen LogP contribution in [0.3, 0.4) is 0 Å². The second-order valence-corrected chi connectivity index (χ2v) is 13.2. The molecule has 4 heterocycles. The Balaban J connectivity index is 0.000000240. The molecule has 10 rings (SSSR count). The number of furan rings is 2. The molecule has 0 saturated carbocycles. The van der Waals surface area contributed by atoms with Crippen LogP contribution >= 0.6 is 0 Å². The van der Waals surface area contributed by atoms with Gasteiger partial charge >= 0.3 is 0 Å². The van der Waals surface area contributed by atoms with Crippen molar-refractivity contribution in [2.24, 2.45) is 0 Å². The van der Waals surface area contributed by atoms with Crippen molar-refractivity contribution in [3.63, 3.8) is 0 Å². The summed E-state index contributed by atoms with van der Waals surface area (Å²) in [6, 6.07) is 57.7. The molecule has 273 valence electrons. The smallest absolute Gasteiger partial charge is 0.133 e. The Bertz CT molecular complexity index is 2920. The largest absolute Gasteiger partial charge is 0.557 e. The topological polar surface area (TPSA) is 57.0 Å². The fraction of sp³-hybridized carbons (Fsp3) is 0.0400. The number of fused-ring (bicyclic) bond motifs is 2. The van der Waals surface area contributed by atoms with E-state index in [0.717, 1.165) is 83.9 Å². The number of aryl methyl sites for hydroxylation is 2. The number of pyridine rings is 1. The first-order chi connectivity index (χ1) is 28.3. The third kappa shape index (κ3) is 7.16. The summed E-state index contributed by atoms with van der Waals surface area (Å²) in [5.41, 5.74) is 13.0. The number of para-hydroxylation sites is 2. The zero-order valence-electron chi connectivity index (χ0n) is 33.2. The zero-order valence-corrected chi connectivity index (χ0v) is 32.6. The van der Waals surface area contributed by atoms with Crippen LogP contribution in [0.5, 0.6) is 0 Å². The van der Waals surface area contributed by atoms with Gasteiger partial charge in [-0.3, -0.25) is 4.98 Å². The minimum atomic E-state index is -2.09. The van der Waals surface area contributed by atoms with Gasteiger partial charge in [-0.2, -0.15) is 0 Å². The molecule has 0 unspecified atom stereocenters. The average Bonchev–Trinajstić information content (AvgIpc) is 4.04. The van der Waals surface area contributed by atoms with Crippen molar-refractivity contribution in [3.8, 4) is 61.9 Å². The molecular weight excluding hydrogens is 867 g/mol. The SMILES string of the molecule is Cc1cc(-c2ccccc2)c(-n2c(-c3[c-]oc4ccc(-c5ccco5)cc34)nc3ccccc32)c(-c2ccccc2)c1.[2H]C([2H])([2H])c1ccc(-c2[c-]cccc2)nc1.[Ir]. The van der Waals surface area contributed by atoms with Crippen LogP contribution in [0, 0.1) is 26.1 Å². The van der Waals surface area contributed by atoms with Crippen LogP contribution in [0.15, 0.2) is 185 Å². The number of aromatic nitrogens is 3. The Morgan fingerprint density at radius 1 is 0.679 bits per heavy atom. The first-order valence-electron chi connectivity index (χ1n) is 19.5. The molecule has 56 heavy (non-hydrogen) atoms. The van der Waals surface area contributed by atoms with Crippen LogP contribution in [-0.2, 0) is 20.1 Å². The first-order valence-corrected chi connectivity index (χ1v) is 18.0. The van der Waals surface area contributed by atoms with Gasteiger partial charge in [0.05, 0.1) is 28.8 Å². The molecular formula is C50H35IrN3O2-2. The Hall–Kier alpha value is -6.59. The maximum atomic E-state index is 7.23. The minimum Gasteiger partial charge on any atom is -0.557 e. The van der Waals surface area contributed by atoms with Crippen LogP contribution in [-0.4, -0.2) is 14.5 Å². The van der Waals surface area contributed by atoms with E-state index in [-0.39, 0.29) is 25.7 Å². The number of hydrogen-bond acceptors (Lipinski definition) is 4. The summed E-state index contributed by atoms with van der Waals surface area (Å²) < 4.78 is 35.7. The number of rotatable bonds is 6. The van der Waals surface area contributed by atoms with Gasteiger partial charge in [0, 0.05) is 59.0 Å². The van der Waals surface area contributed by atoms with Crippen molar-refractivity contribution in [1.29, 1.82) is 0 Å². The van der Waals surface area contributed by atoms with Gasteiger partial charge in [0.25, 0.3) is 0 Å². The minimum absolute atomic E-state index is 0. The third-order valence-electron chi connectivity index (χ3n) is 9.50. The monoisotopic (exact) mass is 905 g/mol. The molecule has 6 heteroatoms. The summed E-state index contributed by atoms with van der Waals surface area (Å²) in [7, 11) is 0. The fourth-order valence-electron chi connectivity index (χ4n) is 6.96. The summed E-state index contributed by atoms with van der Waals surface area (Å²) in [6.45, 7) is 0.0645. The molecule has 0 bridgehead atoms. The molecule has 4 aromatic heterocycles. The van der Waals surface area contributed by atoms with Crippen LogP contribution in [0.2, 0.25) is 0 Å². The second-order valence-electron chi connectivity index (χ2n) is 13.2. The van der Waals surface area contributed by atoms with Crippen LogP contribution in [0.4, 0.5) is 0 Å². The first kappa shape index (κ1) is 32.8. The average molecular weight is 905 g/mol. The number of hydrogen-bond donors (Lipinski definition) is 0. The maximum absolute atomic E-state index is 7.23. The van der Waals surface area contributed by atoms with Crippen molar-refractivity contribution >= 4 is 22.0 Å². The van der Waals surface area contributed by atoms with Crippen molar-refractivity contribution < 1.29 is 33.1 Å². The molecule has 5 nitrogen and oxygen atoms in total. The van der Waals surface area contributed by atoms with Crippen molar-refractivity contribution in [3.05, 3.63) is 200 Å². The van der Waals surface area contributed by atoms with E-state index in [1.807, 2.05) is 48.5 Å². The van der Waals surface area contributed by atoms with E-state index in [1.165, 1.54) is 11.8 Å². The summed E-state index contributed by atoms with van der Waals surface area (Å²) in [5.74, 6) is 1.57. The Morgan fingerprint density at radius 3 is 2.07 bits per heavy atom. The van der Waals surface area contributed by atoms with Gasteiger partial charge in [-0.1, -0.05) is 114 Å². The quantitative estimate of drug-likeness (QED) is 0.156. The van der Waals surface area contributed by atoms with Gasteiger partial charge in [-0.25, -0.2) is 0 Å². The predicted octanol–water partition coefficient (Wildman–Crippen LogP) is 13.0. The van der Waals surface area contributed by atoms with Crippen LogP contribution in [0.1, 0.15) is 15.2 Å². The van der Waals surface area contributed by atoms with Crippen molar-refractivity contribution in [1.82, 2.24) is 14.5 Å². The molecule has 0 aliphatic rings. The molecule has 0 amide bonds. The molecule has 0 fully saturated rings. The summed E-state index contributed by atoms with van der Waals surface area (Å²) in [5, 5.41) is 0.926. The van der Waals surface area contributed by atoms with E-state index in [1.54, 1.807) is 24.5 Å². The predicted molar refractivity (Wildman–Crippen MR) is 222 cm³/mol. The van der Waals surface area contributed by atoms with Crippen LogP contribution in [0.25, 0.3) is 83.9 Å². The molecule has 10 aromatic rings. The van der Waals surface area contributed by atoms with E-state index in [2.05, 4.69) is 126 Å². The van der Waals surface area contributed by atoms with Crippen LogP contribution < -0.4 is 0 Å². The molecule has 1 radical (unpaired) electrons. The molecule has 0 atom stereocenters. The van der Waals surface area contributed by atoms with E-state index in [0.29, 0.717) is 0 Å². The fourth-order valence-corrected chi connectivity index (χ4v) is 6.96. The van der Waals surface area contributed by atoms with Gasteiger partial charge in [0.2, 0.25) is 0 Å². The van der Waals surface area contributed by atoms with E-state index < -0.39 is 6.85 Å². The van der Waals surface area contributed by atoms with Gasteiger partial charge in [0.15, 0.2) is 0 Å². The number of nitrogens with zero attached hydrogens (tertiary/aromatic N) is 3. The van der Waals surface area contributed by atoms with E-state index in [4.69, 9.17) is 17.9 Å².